The van der Waals surface area contributed by atoms with Crippen LogP contribution >= 0.6 is 11.3 Å². The van der Waals surface area contributed by atoms with Gasteiger partial charge in [0.1, 0.15) is 15.5 Å². The highest BCUT2D eigenvalue weighted by Crippen LogP contribution is 2.33. The number of carbonyl (C=O) groups is 1. The summed E-state index contributed by atoms with van der Waals surface area (Å²) in [5.41, 5.74) is 1.06. The molecule has 0 unspecified atom stereocenters. The lowest BCUT2D eigenvalue weighted by Gasteiger charge is -2.20. The van der Waals surface area contributed by atoms with Gasteiger partial charge in [-0.05, 0) is 19.4 Å². The second kappa shape index (κ2) is 7.84. The van der Waals surface area contributed by atoms with Gasteiger partial charge in [-0.1, -0.05) is 0 Å². The van der Waals surface area contributed by atoms with Crippen molar-refractivity contribution >= 4 is 33.2 Å². The van der Waals surface area contributed by atoms with Crippen LogP contribution in [0.15, 0.2) is 23.3 Å². The maximum atomic E-state index is 13.1. The Labute approximate surface area is 173 Å². The molecule has 30 heavy (non-hydrogen) atoms. The molecule has 1 aliphatic heterocycles. The Hall–Kier alpha value is -3.31. The zero-order valence-electron chi connectivity index (χ0n) is 16.2. The number of nitrogens with zero attached hydrogens (tertiary/aromatic N) is 3. The fourth-order valence-corrected chi connectivity index (χ4v) is 4.38. The average molecular weight is 431 g/mol. The first-order valence-electron chi connectivity index (χ1n) is 9.07. The number of non-ortho nitro benzene ring substituents is 1. The zero-order valence-corrected chi connectivity index (χ0v) is 17.0. The van der Waals surface area contributed by atoms with Gasteiger partial charge in [0, 0.05) is 23.3 Å². The number of aryl methyl sites for hydroxylation is 1. The number of ether oxygens (including phenoxy) is 3. The standard InChI is InChI=1S/C19H17N3O7S/c1-3-28-19(24)16-10(2)14-17(30-16)20-8-21(18(14)23)6-11-4-13(22(25)26)5-12-7-27-9-29-15(11)12/h4-5,8H,3,6-7,9H2,1-2H3. The van der Waals surface area contributed by atoms with Crippen LogP contribution in [0.5, 0.6) is 5.75 Å². The third-order valence-corrected chi connectivity index (χ3v) is 5.88. The predicted octanol–water partition coefficient (Wildman–Crippen LogP) is 2.77. The molecule has 2 aromatic heterocycles. The van der Waals surface area contributed by atoms with Gasteiger partial charge in [-0.2, -0.15) is 0 Å². The molecule has 0 spiro atoms. The Morgan fingerprint density at radius 2 is 2.23 bits per heavy atom. The lowest BCUT2D eigenvalue weighted by molar-refractivity contribution is -0.385. The summed E-state index contributed by atoms with van der Waals surface area (Å²) in [6, 6.07) is 2.78. The summed E-state index contributed by atoms with van der Waals surface area (Å²) in [6.45, 7) is 3.84. The van der Waals surface area contributed by atoms with E-state index in [2.05, 4.69) is 4.98 Å². The smallest absolute Gasteiger partial charge is 0.348 e. The molecule has 0 radical (unpaired) electrons. The third-order valence-electron chi connectivity index (χ3n) is 4.70. The van der Waals surface area contributed by atoms with E-state index < -0.39 is 10.9 Å². The van der Waals surface area contributed by atoms with Crippen LogP contribution in [-0.2, 0) is 22.6 Å². The minimum absolute atomic E-state index is 0.0236. The normalized spacial score (nSPS) is 13.0. The molecule has 1 aliphatic rings. The van der Waals surface area contributed by atoms with Gasteiger partial charge in [-0.3, -0.25) is 19.5 Å². The molecule has 0 saturated heterocycles. The van der Waals surface area contributed by atoms with Crippen LogP contribution in [0, 0.1) is 17.0 Å². The number of carbonyl (C=O) groups excluding carboxylic acids is 1. The van der Waals surface area contributed by atoms with Crippen molar-refractivity contribution in [3.8, 4) is 5.75 Å². The number of thiophene rings is 1. The maximum absolute atomic E-state index is 13.1. The van der Waals surface area contributed by atoms with Crippen LogP contribution < -0.4 is 10.3 Å². The van der Waals surface area contributed by atoms with Gasteiger partial charge in [0.05, 0.1) is 36.4 Å². The first kappa shape index (κ1) is 20.0. The summed E-state index contributed by atoms with van der Waals surface area (Å²) in [5.74, 6) is -0.0294. The molecule has 0 fully saturated rings. The van der Waals surface area contributed by atoms with E-state index in [0.717, 1.165) is 11.3 Å². The van der Waals surface area contributed by atoms with Crippen molar-refractivity contribution in [3.63, 3.8) is 0 Å². The molecule has 0 atom stereocenters. The van der Waals surface area contributed by atoms with Crippen LogP contribution in [0.2, 0.25) is 0 Å². The Morgan fingerprint density at radius 3 is 2.97 bits per heavy atom. The van der Waals surface area contributed by atoms with E-state index in [9.17, 15) is 19.7 Å². The minimum Gasteiger partial charge on any atom is -0.467 e. The number of fused-ring (bicyclic) bond motifs is 2. The number of nitro groups is 1. The van der Waals surface area contributed by atoms with Crippen molar-refractivity contribution < 1.29 is 23.9 Å². The average Bonchev–Trinajstić information content (AvgIpc) is 3.07. The molecule has 0 saturated carbocycles. The summed E-state index contributed by atoms with van der Waals surface area (Å²) in [4.78, 5) is 41.1. The second-order valence-corrected chi connectivity index (χ2v) is 7.59. The van der Waals surface area contributed by atoms with Gasteiger partial charge in [-0.15, -0.1) is 11.3 Å². The van der Waals surface area contributed by atoms with E-state index in [1.165, 1.54) is 23.0 Å². The Morgan fingerprint density at radius 1 is 1.43 bits per heavy atom. The highest BCUT2D eigenvalue weighted by Gasteiger charge is 2.23. The third kappa shape index (κ3) is 3.42. The van der Waals surface area contributed by atoms with E-state index in [0.29, 0.717) is 37.5 Å². The van der Waals surface area contributed by atoms with Crippen LogP contribution in [0.3, 0.4) is 0 Å². The number of aromatic nitrogens is 2. The van der Waals surface area contributed by atoms with E-state index >= 15 is 0 Å². The van der Waals surface area contributed by atoms with Crippen molar-refractivity contribution in [2.45, 2.75) is 27.0 Å². The highest BCUT2D eigenvalue weighted by molar-refractivity contribution is 7.20. The van der Waals surface area contributed by atoms with Crippen molar-refractivity contribution in [2.75, 3.05) is 13.4 Å². The molecule has 4 rings (SSSR count). The number of hydrogen-bond donors (Lipinski definition) is 0. The SMILES string of the molecule is CCOC(=O)c1sc2ncn(Cc3cc([N+](=O)[O-])cc4c3OCOC4)c(=O)c2c1C. The summed E-state index contributed by atoms with van der Waals surface area (Å²) in [5, 5.41) is 11.6. The number of nitro benzene ring substituents is 1. The Balaban J connectivity index is 1.80. The van der Waals surface area contributed by atoms with Crippen molar-refractivity contribution in [1.29, 1.82) is 0 Å². The van der Waals surface area contributed by atoms with E-state index in [1.54, 1.807) is 13.8 Å². The number of esters is 1. The molecular formula is C19H17N3O7S. The summed E-state index contributed by atoms with van der Waals surface area (Å²) >= 11 is 1.10. The molecule has 3 heterocycles. The second-order valence-electron chi connectivity index (χ2n) is 6.60. The zero-order chi connectivity index (χ0) is 21.4. The van der Waals surface area contributed by atoms with Gasteiger partial charge in [0.2, 0.25) is 0 Å². The molecule has 3 aromatic rings. The van der Waals surface area contributed by atoms with Crippen molar-refractivity contribution in [1.82, 2.24) is 9.55 Å². The van der Waals surface area contributed by atoms with Gasteiger partial charge in [0.25, 0.3) is 11.2 Å². The minimum atomic E-state index is -0.503. The van der Waals surface area contributed by atoms with Gasteiger partial charge in [0.15, 0.2) is 6.79 Å². The molecule has 10 nitrogen and oxygen atoms in total. The van der Waals surface area contributed by atoms with E-state index in [1.807, 2.05) is 0 Å². The van der Waals surface area contributed by atoms with Crippen LogP contribution in [-0.4, -0.2) is 33.8 Å². The lowest BCUT2D eigenvalue weighted by atomic mass is 10.1. The van der Waals surface area contributed by atoms with E-state index in [4.69, 9.17) is 14.2 Å². The molecule has 0 amide bonds. The first-order chi connectivity index (χ1) is 14.4. The first-order valence-corrected chi connectivity index (χ1v) is 9.88. The largest absolute Gasteiger partial charge is 0.467 e. The number of rotatable bonds is 5. The molecule has 1 aromatic carbocycles. The highest BCUT2D eigenvalue weighted by atomic mass is 32.1. The van der Waals surface area contributed by atoms with Gasteiger partial charge >= 0.3 is 5.97 Å². The molecule has 156 valence electrons. The summed E-state index contributed by atoms with van der Waals surface area (Å²) in [7, 11) is 0. The monoisotopic (exact) mass is 431 g/mol. The van der Waals surface area contributed by atoms with Crippen molar-refractivity contribution in [3.05, 3.63) is 60.5 Å². The molecule has 11 heteroatoms. The summed E-state index contributed by atoms with van der Waals surface area (Å²) < 4.78 is 17.1. The fourth-order valence-electron chi connectivity index (χ4n) is 3.35. The summed E-state index contributed by atoms with van der Waals surface area (Å²) in [6.07, 6.45) is 1.36. The Kier molecular flexibility index (Phi) is 5.22. The topological polar surface area (TPSA) is 123 Å². The number of hydrogen-bond acceptors (Lipinski definition) is 9. The van der Waals surface area contributed by atoms with Gasteiger partial charge in [-0.25, -0.2) is 9.78 Å². The molecular weight excluding hydrogens is 414 g/mol. The van der Waals surface area contributed by atoms with Crippen molar-refractivity contribution in [2.24, 2.45) is 0 Å². The molecule has 0 N–H and O–H groups in total. The molecule has 0 bridgehead atoms. The van der Waals surface area contributed by atoms with Crippen LogP contribution in [0.25, 0.3) is 10.2 Å². The Bertz CT molecular complexity index is 1230. The van der Waals surface area contributed by atoms with E-state index in [-0.39, 0.29) is 37.8 Å². The quantitative estimate of drug-likeness (QED) is 0.343. The predicted molar refractivity (Wildman–Crippen MR) is 107 cm³/mol. The van der Waals surface area contributed by atoms with Gasteiger partial charge < -0.3 is 14.2 Å². The fraction of sp³-hybridized carbons (Fsp3) is 0.316. The van der Waals surface area contributed by atoms with Crippen LogP contribution in [0.1, 0.15) is 33.3 Å². The maximum Gasteiger partial charge on any atom is 0.348 e. The lowest BCUT2D eigenvalue weighted by Crippen LogP contribution is -2.22. The van der Waals surface area contributed by atoms with Crippen LogP contribution in [0.4, 0.5) is 5.69 Å². The number of benzene rings is 1. The molecule has 0 aliphatic carbocycles.